The van der Waals surface area contributed by atoms with Gasteiger partial charge in [0.15, 0.2) is 5.82 Å². The SMILES string of the molecule is CC1(C)OC(=O)c2ccc(Nc3ncc(-c4nnc(CCCN5CCN(CC=O)CC5)o4)c(NS)n3)cc21. The molecule has 38 heavy (non-hydrogen) atoms. The minimum atomic E-state index is -0.700. The molecule has 0 atom stereocenters. The average molecular weight is 539 g/mol. The zero-order chi connectivity index (χ0) is 26.7. The Morgan fingerprint density at radius 3 is 2.68 bits per heavy atom. The first-order chi connectivity index (χ1) is 18.4. The molecule has 2 aliphatic heterocycles. The summed E-state index contributed by atoms with van der Waals surface area (Å²) in [5, 5.41) is 11.5. The molecule has 2 N–H and O–H groups in total. The summed E-state index contributed by atoms with van der Waals surface area (Å²) >= 11 is 4.19. The first-order valence-electron chi connectivity index (χ1n) is 12.5. The molecule has 0 spiro atoms. The first-order valence-corrected chi connectivity index (χ1v) is 12.9. The third-order valence-electron chi connectivity index (χ3n) is 6.75. The van der Waals surface area contributed by atoms with E-state index in [1.165, 1.54) is 0 Å². The van der Waals surface area contributed by atoms with Gasteiger partial charge in [-0.15, -0.1) is 10.2 Å². The van der Waals surface area contributed by atoms with Crippen molar-refractivity contribution in [3.63, 3.8) is 0 Å². The van der Waals surface area contributed by atoms with Crippen LogP contribution in [0.2, 0.25) is 0 Å². The highest BCUT2D eigenvalue weighted by Crippen LogP contribution is 2.37. The summed E-state index contributed by atoms with van der Waals surface area (Å²) in [7, 11) is 0. The van der Waals surface area contributed by atoms with E-state index in [0.29, 0.717) is 47.6 Å². The number of anilines is 3. The molecule has 2 aromatic heterocycles. The van der Waals surface area contributed by atoms with E-state index in [1.807, 2.05) is 19.9 Å². The van der Waals surface area contributed by atoms with E-state index in [2.05, 4.69) is 52.8 Å². The second kappa shape index (κ2) is 11.1. The molecule has 1 aromatic carbocycles. The molecular weight excluding hydrogens is 508 g/mol. The molecule has 0 saturated carbocycles. The maximum atomic E-state index is 12.1. The number of rotatable bonds is 10. The van der Waals surface area contributed by atoms with Gasteiger partial charge in [-0.05, 0) is 45.0 Å². The fourth-order valence-electron chi connectivity index (χ4n) is 4.67. The van der Waals surface area contributed by atoms with Gasteiger partial charge in [0.2, 0.25) is 11.8 Å². The summed E-state index contributed by atoms with van der Waals surface area (Å²) in [6.45, 7) is 8.86. The molecule has 4 heterocycles. The molecule has 13 heteroatoms. The van der Waals surface area contributed by atoms with Crippen LogP contribution < -0.4 is 10.0 Å². The smallest absolute Gasteiger partial charge is 0.339 e. The van der Waals surface area contributed by atoms with E-state index in [-0.39, 0.29) is 5.97 Å². The van der Waals surface area contributed by atoms with Gasteiger partial charge < -0.3 is 28.9 Å². The number of aryl methyl sites for hydroxylation is 1. The number of carbonyl (C=O) groups is 2. The average Bonchev–Trinajstić information content (AvgIpc) is 3.46. The van der Waals surface area contributed by atoms with E-state index in [4.69, 9.17) is 9.15 Å². The number of hydrogen-bond acceptors (Lipinski definition) is 13. The predicted octanol–water partition coefficient (Wildman–Crippen LogP) is 2.68. The zero-order valence-corrected chi connectivity index (χ0v) is 22.2. The number of carbonyl (C=O) groups excluding carboxylic acids is 2. The Morgan fingerprint density at radius 1 is 1.13 bits per heavy atom. The van der Waals surface area contributed by atoms with Crippen LogP contribution in [-0.2, 0) is 21.6 Å². The van der Waals surface area contributed by atoms with Gasteiger partial charge >= 0.3 is 5.97 Å². The van der Waals surface area contributed by atoms with Crippen molar-refractivity contribution in [1.29, 1.82) is 0 Å². The summed E-state index contributed by atoms with van der Waals surface area (Å²) in [4.78, 5) is 36.2. The Kier molecular flexibility index (Phi) is 7.58. The Labute approximate surface area is 225 Å². The standard InChI is InChI=1S/C25H30N8O4S/c1-25(2)19-14-16(5-6-17(19)23(35)37-25)27-24-26-15-18(21(28-24)31-38)22-30-29-20(36-22)4-3-7-32-8-10-33(11-9-32)12-13-34/h5-6,13-15,38H,3-4,7-12H2,1-2H3,(H2,26,27,28,31). The minimum absolute atomic E-state index is 0.306. The van der Waals surface area contributed by atoms with E-state index < -0.39 is 5.60 Å². The molecule has 0 amide bonds. The van der Waals surface area contributed by atoms with Gasteiger partial charge in [0.25, 0.3) is 5.89 Å². The number of benzene rings is 1. The fraction of sp³-hybridized carbons (Fsp3) is 0.440. The molecule has 0 aliphatic carbocycles. The van der Waals surface area contributed by atoms with Crippen molar-refractivity contribution in [2.24, 2.45) is 0 Å². The second-order valence-corrected chi connectivity index (χ2v) is 9.99. The topological polar surface area (TPSA) is 139 Å². The van der Waals surface area contributed by atoms with Gasteiger partial charge in [-0.3, -0.25) is 4.90 Å². The lowest BCUT2D eigenvalue weighted by Gasteiger charge is -2.33. The Morgan fingerprint density at radius 2 is 1.92 bits per heavy atom. The number of fused-ring (bicyclic) bond motifs is 1. The Hall–Kier alpha value is -3.55. The highest BCUT2D eigenvalue weighted by Gasteiger charge is 2.37. The van der Waals surface area contributed by atoms with Crippen LogP contribution in [0.15, 0.2) is 28.8 Å². The van der Waals surface area contributed by atoms with Crippen LogP contribution in [0.25, 0.3) is 11.5 Å². The number of thiol groups is 1. The van der Waals surface area contributed by atoms with Gasteiger partial charge in [-0.1, -0.05) is 12.8 Å². The maximum absolute atomic E-state index is 12.1. The number of nitrogens with zero attached hydrogens (tertiary/aromatic N) is 6. The molecule has 0 unspecified atom stereocenters. The van der Waals surface area contributed by atoms with Gasteiger partial charge in [0, 0.05) is 50.0 Å². The molecule has 1 saturated heterocycles. The zero-order valence-electron chi connectivity index (χ0n) is 21.3. The summed E-state index contributed by atoms with van der Waals surface area (Å²) < 4.78 is 14.1. The number of aldehydes is 1. The highest BCUT2D eigenvalue weighted by molar-refractivity contribution is 7.81. The van der Waals surface area contributed by atoms with Gasteiger partial charge in [-0.25, -0.2) is 9.78 Å². The molecule has 12 nitrogen and oxygen atoms in total. The van der Waals surface area contributed by atoms with Gasteiger partial charge in [0.05, 0.1) is 12.1 Å². The van der Waals surface area contributed by atoms with E-state index >= 15 is 0 Å². The summed E-state index contributed by atoms with van der Waals surface area (Å²) in [5.74, 6) is 1.27. The van der Waals surface area contributed by atoms with Gasteiger partial charge in [0.1, 0.15) is 17.5 Å². The fourth-order valence-corrected chi connectivity index (χ4v) is 4.84. The highest BCUT2D eigenvalue weighted by atomic mass is 32.1. The molecule has 0 radical (unpaired) electrons. The van der Waals surface area contributed by atoms with Crippen LogP contribution >= 0.6 is 12.8 Å². The van der Waals surface area contributed by atoms with Crippen LogP contribution in [0.4, 0.5) is 17.5 Å². The number of hydrogen-bond donors (Lipinski definition) is 3. The summed E-state index contributed by atoms with van der Waals surface area (Å²) in [6, 6.07) is 5.37. The second-order valence-electron chi connectivity index (χ2n) is 9.77. The Balaban J connectivity index is 1.20. The number of esters is 1. The number of aromatic nitrogens is 4. The Bertz CT molecular complexity index is 1320. The molecule has 200 valence electrons. The summed E-state index contributed by atoms with van der Waals surface area (Å²) in [5.41, 5.74) is 1.91. The van der Waals surface area contributed by atoms with Crippen LogP contribution in [0.3, 0.4) is 0 Å². The van der Waals surface area contributed by atoms with Gasteiger partial charge in [-0.2, -0.15) is 4.98 Å². The molecule has 2 aliphatic rings. The molecule has 3 aromatic rings. The molecular formula is C25H30N8O4S. The number of cyclic esters (lactones) is 1. The molecule has 0 bridgehead atoms. The third-order valence-corrected chi connectivity index (χ3v) is 6.96. The van der Waals surface area contributed by atoms with E-state index in [9.17, 15) is 9.59 Å². The normalized spacial score (nSPS) is 17.2. The van der Waals surface area contributed by atoms with Crippen molar-refractivity contribution in [3.05, 3.63) is 41.4 Å². The third kappa shape index (κ3) is 5.64. The lowest BCUT2D eigenvalue weighted by atomic mass is 9.95. The minimum Gasteiger partial charge on any atom is -0.451 e. The van der Waals surface area contributed by atoms with Crippen molar-refractivity contribution in [2.45, 2.75) is 32.3 Å². The summed E-state index contributed by atoms with van der Waals surface area (Å²) in [6.07, 6.45) is 4.10. The van der Waals surface area contributed by atoms with Crippen LogP contribution in [0.5, 0.6) is 0 Å². The van der Waals surface area contributed by atoms with Crippen molar-refractivity contribution >= 4 is 42.5 Å². The number of nitrogens with one attached hydrogen (secondary N) is 2. The van der Waals surface area contributed by atoms with Crippen molar-refractivity contribution in [2.75, 3.05) is 49.3 Å². The van der Waals surface area contributed by atoms with Crippen LogP contribution in [0, 0.1) is 0 Å². The van der Waals surface area contributed by atoms with E-state index in [0.717, 1.165) is 56.7 Å². The van der Waals surface area contributed by atoms with Crippen LogP contribution in [0.1, 0.15) is 42.1 Å². The first kappa shape index (κ1) is 26.1. The lowest BCUT2D eigenvalue weighted by molar-refractivity contribution is -0.109. The number of ether oxygens (including phenoxy) is 1. The lowest BCUT2D eigenvalue weighted by Crippen LogP contribution is -2.47. The molecule has 1 fully saturated rings. The van der Waals surface area contributed by atoms with Crippen molar-refractivity contribution in [3.8, 4) is 11.5 Å². The molecule has 5 rings (SSSR count). The quantitative estimate of drug-likeness (QED) is 0.199. The van der Waals surface area contributed by atoms with Crippen LogP contribution in [-0.4, -0.2) is 81.5 Å². The number of piperazine rings is 1. The van der Waals surface area contributed by atoms with Crippen molar-refractivity contribution in [1.82, 2.24) is 30.0 Å². The largest absolute Gasteiger partial charge is 0.451 e. The van der Waals surface area contributed by atoms with Crippen molar-refractivity contribution < 1.29 is 18.7 Å². The monoisotopic (exact) mass is 538 g/mol. The predicted molar refractivity (Wildman–Crippen MR) is 143 cm³/mol. The van der Waals surface area contributed by atoms with E-state index in [1.54, 1.807) is 18.3 Å². The maximum Gasteiger partial charge on any atom is 0.339 e.